The maximum absolute atomic E-state index is 11.5. The molecule has 0 spiro atoms. The van der Waals surface area contributed by atoms with E-state index in [1.807, 2.05) is 42.5 Å². The van der Waals surface area contributed by atoms with Crippen molar-refractivity contribution in [3.8, 4) is 23.1 Å². The van der Waals surface area contributed by atoms with Gasteiger partial charge < -0.3 is 19.9 Å². The number of methoxy groups -OCH3 is 1. The van der Waals surface area contributed by atoms with Crippen LogP contribution in [0.25, 0.3) is 22.2 Å². The van der Waals surface area contributed by atoms with E-state index in [1.165, 1.54) is 6.42 Å². The third-order valence-electron chi connectivity index (χ3n) is 5.41. The number of anilines is 1. The van der Waals surface area contributed by atoms with Gasteiger partial charge in [0.15, 0.2) is 0 Å². The standard InChI is InChI=1S/C22H22N4O2/c1-24-22(27)25-15-8-6-14(7-9-15)21-19(13-23)18-11-10-17(28-2)12-20(18)26(21)16-4-3-5-16/h6-12,16H,3-5H2,1-2H3,(H2,24,25,27). The summed E-state index contributed by atoms with van der Waals surface area (Å²) in [4.78, 5) is 11.5. The summed E-state index contributed by atoms with van der Waals surface area (Å²) in [7, 11) is 3.23. The summed E-state index contributed by atoms with van der Waals surface area (Å²) in [5, 5.41) is 16.2. The number of hydrogen-bond acceptors (Lipinski definition) is 3. The second-order valence-electron chi connectivity index (χ2n) is 6.95. The van der Waals surface area contributed by atoms with Crippen molar-refractivity contribution in [1.82, 2.24) is 9.88 Å². The second kappa shape index (κ2) is 7.28. The van der Waals surface area contributed by atoms with Crippen LogP contribution in [0.15, 0.2) is 42.5 Å². The normalized spacial score (nSPS) is 13.6. The molecule has 0 bridgehead atoms. The van der Waals surface area contributed by atoms with Gasteiger partial charge >= 0.3 is 6.03 Å². The Morgan fingerprint density at radius 2 is 1.96 bits per heavy atom. The fourth-order valence-electron chi connectivity index (χ4n) is 3.74. The first kappa shape index (κ1) is 17.9. The van der Waals surface area contributed by atoms with E-state index in [9.17, 15) is 10.1 Å². The highest BCUT2D eigenvalue weighted by Gasteiger charge is 2.27. The zero-order valence-electron chi connectivity index (χ0n) is 16.0. The molecule has 0 saturated heterocycles. The van der Waals surface area contributed by atoms with Gasteiger partial charge in [-0.05, 0) is 49.1 Å². The van der Waals surface area contributed by atoms with Gasteiger partial charge in [-0.25, -0.2) is 4.79 Å². The summed E-state index contributed by atoms with van der Waals surface area (Å²) in [6.45, 7) is 0. The Bertz CT molecular complexity index is 1070. The average molecular weight is 374 g/mol. The first-order valence-electron chi connectivity index (χ1n) is 9.37. The van der Waals surface area contributed by atoms with Crippen LogP contribution in [0, 0.1) is 11.3 Å². The minimum atomic E-state index is -0.263. The van der Waals surface area contributed by atoms with E-state index >= 15 is 0 Å². The molecule has 1 aromatic heterocycles. The Morgan fingerprint density at radius 1 is 1.21 bits per heavy atom. The predicted molar refractivity (Wildman–Crippen MR) is 110 cm³/mol. The van der Waals surface area contributed by atoms with E-state index in [1.54, 1.807) is 14.2 Å². The van der Waals surface area contributed by atoms with Gasteiger partial charge in [0, 0.05) is 30.2 Å². The lowest BCUT2D eigenvalue weighted by Gasteiger charge is -2.30. The fourth-order valence-corrected chi connectivity index (χ4v) is 3.74. The quantitative estimate of drug-likeness (QED) is 0.697. The Labute approximate surface area is 163 Å². The van der Waals surface area contributed by atoms with E-state index in [4.69, 9.17) is 4.74 Å². The Kier molecular flexibility index (Phi) is 4.66. The second-order valence-corrected chi connectivity index (χ2v) is 6.95. The first-order chi connectivity index (χ1) is 13.7. The predicted octanol–water partition coefficient (Wildman–Crippen LogP) is 4.66. The average Bonchev–Trinajstić information content (AvgIpc) is 3.00. The van der Waals surface area contributed by atoms with E-state index in [0.717, 1.165) is 40.8 Å². The maximum atomic E-state index is 11.5. The number of amides is 2. The zero-order valence-corrected chi connectivity index (χ0v) is 16.0. The third-order valence-corrected chi connectivity index (χ3v) is 5.41. The lowest BCUT2D eigenvalue weighted by atomic mass is 9.92. The number of urea groups is 1. The summed E-state index contributed by atoms with van der Waals surface area (Å²) in [6.07, 6.45) is 3.41. The molecule has 0 aliphatic heterocycles. The summed E-state index contributed by atoms with van der Waals surface area (Å²) in [5.74, 6) is 0.784. The highest BCUT2D eigenvalue weighted by atomic mass is 16.5. The number of aromatic nitrogens is 1. The largest absolute Gasteiger partial charge is 0.497 e. The monoisotopic (exact) mass is 374 g/mol. The number of rotatable bonds is 4. The molecule has 3 aromatic rings. The van der Waals surface area contributed by atoms with Gasteiger partial charge in [0.05, 0.1) is 23.9 Å². The van der Waals surface area contributed by atoms with Crippen LogP contribution in [0.4, 0.5) is 10.5 Å². The number of fused-ring (bicyclic) bond motifs is 1. The summed E-state index contributed by atoms with van der Waals surface area (Å²) < 4.78 is 7.71. The fraction of sp³-hybridized carbons (Fsp3) is 0.273. The molecule has 1 saturated carbocycles. The molecule has 28 heavy (non-hydrogen) atoms. The Balaban J connectivity index is 1.88. The van der Waals surface area contributed by atoms with Gasteiger partial charge in [0.1, 0.15) is 11.8 Å². The Morgan fingerprint density at radius 3 is 2.54 bits per heavy atom. The van der Waals surface area contributed by atoms with Crippen molar-refractivity contribution in [2.75, 3.05) is 19.5 Å². The molecule has 0 unspecified atom stereocenters. The summed E-state index contributed by atoms with van der Waals surface area (Å²) in [6, 6.07) is 16.0. The van der Waals surface area contributed by atoms with Crippen LogP contribution in [0.5, 0.6) is 5.75 Å². The van der Waals surface area contributed by atoms with Gasteiger partial charge in [0.2, 0.25) is 0 Å². The minimum Gasteiger partial charge on any atom is -0.497 e. The highest BCUT2D eigenvalue weighted by Crippen LogP contribution is 2.43. The van der Waals surface area contributed by atoms with Crippen LogP contribution >= 0.6 is 0 Å². The molecule has 1 fully saturated rings. The van der Waals surface area contributed by atoms with Crippen molar-refractivity contribution in [3.05, 3.63) is 48.0 Å². The molecule has 1 aliphatic carbocycles. The van der Waals surface area contributed by atoms with E-state index in [0.29, 0.717) is 17.3 Å². The van der Waals surface area contributed by atoms with E-state index < -0.39 is 0 Å². The molecule has 0 atom stereocenters. The highest BCUT2D eigenvalue weighted by molar-refractivity contribution is 5.96. The summed E-state index contributed by atoms with van der Waals surface area (Å²) >= 11 is 0. The lowest BCUT2D eigenvalue weighted by Crippen LogP contribution is -2.24. The molecule has 6 nitrogen and oxygen atoms in total. The van der Waals surface area contributed by atoms with Crippen molar-refractivity contribution in [3.63, 3.8) is 0 Å². The number of ether oxygens (including phenoxy) is 1. The lowest BCUT2D eigenvalue weighted by molar-refractivity contribution is 0.254. The molecule has 0 radical (unpaired) electrons. The molecule has 142 valence electrons. The molecule has 4 rings (SSSR count). The van der Waals surface area contributed by atoms with Crippen molar-refractivity contribution in [1.29, 1.82) is 5.26 Å². The number of carbonyl (C=O) groups excluding carboxylic acids is 1. The molecule has 6 heteroatoms. The number of nitrogens with zero attached hydrogens (tertiary/aromatic N) is 2. The zero-order chi connectivity index (χ0) is 19.7. The molecule has 1 aliphatic rings. The van der Waals surface area contributed by atoms with Crippen molar-refractivity contribution < 1.29 is 9.53 Å². The number of nitriles is 1. The topological polar surface area (TPSA) is 79.1 Å². The number of benzene rings is 2. The first-order valence-corrected chi connectivity index (χ1v) is 9.37. The maximum Gasteiger partial charge on any atom is 0.318 e. The van der Waals surface area contributed by atoms with Gasteiger partial charge in [0.25, 0.3) is 0 Å². The molecule has 2 amide bonds. The van der Waals surface area contributed by atoms with Crippen LogP contribution in [-0.4, -0.2) is 24.8 Å². The van der Waals surface area contributed by atoms with Crippen molar-refractivity contribution >= 4 is 22.6 Å². The third kappa shape index (κ3) is 2.95. The Hall–Kier alpha value is -3.46. The minimum absolute atomic E-state index is 0.263. The van der Waals surface area contributed by atoms with Gasteiger partial charge in [-0.1, -0.05) is 12.1 Å². The van der Waals surface area contributed by atoms with E-state index in [-0.39, 0.29) is 6.03 Å². The van der Waals surface area contributed by atoms with Crippen molar-refractivity contribution in [2.45, 2.75) is 25.3 Å². The molecule has 2 N–H and O–H groups in total. The van der Waals surface area contributed by atoms with Crippen LogP contribution in [0.1, 0.15) is 30.9 Å². The number of carbonyl (C=O) groups is 1. The molecular weight excluding hydrogens is 352 g/mol. The van der Waals surface area contributed by atoms with Crippen LogP contribution < -0.4 is 15.4 Å². The van der Waals surface area contributed by atoms with E-state index in [2.05, 4.69) is 21.3 Å². The SMILES string of the molecule is CNC(=O)Nc1ccc(-c2c(C#N)c3ccc(OC)cc3n2C2CCC2)cc1. The van der Waals surface area contributed by atoms with Crippen molar-refractivity contribution in [2.24, 2.45) is 0 Å². The molecule has 2 aromatic carbocycles. The van der Waals surface area contributed by atoms with Gasteiger partial charge in [-0.2, -0.15) is 5.26 Å². The number of nitrogens with one attached hydrogen (secondary N) is 2. The van der Waals surface area contributed by atoms with Gasteiger partial charge in [-0.15, -0.1) is 0 Å². The smallest absolute Gasteiger partial charge is 0.318 e. The van der Waals surface area contributed by atoms with Gasteiger partial charge in [-0.3, -0.25) is 0 Å². The van der Waals surface area contributed by atoms with Crippen LogP contribution in [0.3, 0.4) is 0 Å². The summed E-state index contributed by atoms with van der Waals surface area (Å²) in [5.41, 5.74) is 4.30. The number of hydrogen-bond donors (Lipinski definition) is 2. The van der Waals surface area contributed by atoms with Crippen LogP contribution in [-0.2, 0) is 0 Å². The van der Waals surface area contributed by atoms with Crippen LogP contribution in [0.2, 0.25) is 0 Å². The molecule has 1 heterocycles. The molecular formula is C22H22N4O2.